The van der Waals surface area contributed by atoms with Crippen LogP contribution in [-0.4, -0.2) is 9.97 Å². The van der Waals surface area contributed by atoms with E-state index >= 15 is 0 Å². The zero-order valence-electron chi connectivity index (χ0n) is 9.98. The highest BCUT2D eigenvalue weighted by Gasteiger charge is 2.10. The first kappa shape index (κ1) is 12.2. The van der Waals surface area contributed by atoms with Gasteiger partial charge in [-0.2, -0.15) is 0 Å². The summed E-state index contributed by atoms with van der Waals surface area (Å²) in [4.78, 5) is 16.7. The van der Waals surface area contributed by atoms with E-state index in [0.29, 0.717) is 0 Å². The lowest BCUT2D eigenvalue weighted by Crippen LogP contribution is -2.11. The summed E-state index contributed by atoms with van der Waals surface area (Å²) in [6.45, 7) is 0. The Morgan fingerprint density at radius 3 is 2.32 bits per heavy atom. The van der Waals surface area contributed by atoms with Crippen LogP contribution < -0.4 is 11.4 Å². The van der Waals surface area contributed by atoms with E-state index in [1.54, 1.807) is 0 Å². The fourth-order valence-corrected chi connectivity index (χ4v) is 2.37. The van der Waals surface area contributed by atoms with Crippen LogP contribution in [0.4, 0.5) is 0 Å². The van der Waals surface area contributed by atoms with Crippen molar-refractivity contribution in [3.8, 4) is 0 Å². The van der Waals surface area contributed by atoms with Crippen molar-refractivity contribution in [2.75, 3.05) is 0 Å². The van der Waals surface area contributed by atoms with Crippen molar-refractivity contribution in [1.29, 1.82) is 0 Å². The van der Waals surface area contributed by atoms with Crippen LogP contribution >= 0.6 is 15.9 Å². The van der Waals surface area contributed by atoms with Crippen LogP contribution in [0.3, 0.4) is 0 Å². The van der Waals surface area contributed by atoms with Crippen LogP contribution in [-0.2, 0) is 0 Å². The Kier molecular flexibility index (Phi) is 3.00. The standard InChI is InChI=1S/C14H12BrN3O/c15-10-4-1-8(2-5-10)13(16)9-3-6-11-12(7-9)18-14(19)17-11/h1-7,13H,16H2,(H2,17,18,19). The maximum Gasteiger partial charge on any atom is 0.323 e. The van der Waals surface area contributed by atoms with E-state index in [2.05, 4.69) is 25.9 Å². The summed E-state index contributed by atoms with van der Waals surface area (Å²) in [5, 5.41) is 0. The molecule has 1 heterocycles. The molecule has 0 spiro atoms. The maximum atomic E-state index is 11.2. The minimum absolute atomic E-state index is 0.204. The predicted octanol–water partition coefficient (Wildman–Crippen LogP) is 2.67. The zero-order valence-corrected chi connectivity index (χ0v) is 11.6. The average Bonchev–Trinajstić information content (AvgIpc) is 2.77. The van der Waals surface area contributed by atoms with Gasteiger partial charge in [-0.3, -0.25) is 0 Å². The number of imidazole rings is 1. The fraction of sp³-hybridized carbons (Fsp3) is 0.0714. The third-order valence-electron chi connectivity index (χ3n) is 3.13. The topological polar surface area (TPSA) is 74.7 Å². The molecule has 0 aliphatic rings. The molecular formula is C14H12BrN3O. The molecule has 3 rings (SSSR count). The molecule has 0 bridgehead atoms. The summed E-state index contributed by atoms with van der Waals surface area (Å²) in [6, 6.07) is 13.4. The van der Waals surface area contributed by atoms with E-state index in [1.165, 1.54) is 0 Å². The summed E-state index contributed by atoms with van der Waals surface area (Å²) in [7, 11) is 0. The van der Waals surface area contributed by atoms with E-state index in [9.17, 15) is 4.79 Å². The van der Waals surface area contributed by atoms with Gasteiger partial charge in [0, 0.05) is 4.47 Å². The normalized spacial score (nSPS) is 12.7. The molecule has 0 amide bonds. The lowest BCUT2D eigenvalue weighted by Gasteiger charge is -2.12. The molecule has 0 saturated heterocycles. The largest absolute Gasteiger partial charge is 0.323 e. The lowest BCUT2D eigenvalue weighted by molar-refractivity contribution is 0.872. The number of hydrogen-bond acceptors (Lipinski definition) is 2. The first-order chi connectivity index (χ1) is 9.13. The molecule has 1 atom stereocenters. The van der Waals surface area contributed by atoms with Crippen LogP contribution in [0.5, 0.6) is 0 Å². The highest BCUT2D eigenvalue weighted by molar-refractivity contribution is 9.10. The molecule has 96 valence electrons. The van der Waals surface area contributed by atoms with Gasteiger partial charge in [-0.05, 0) is 35.4 Å². The van der Waals surface area contributed by atoms with E-state index in [0.717, 1.165) is 26.6 Å². The van der Waals surface area contributed by atoms with Crippen molar-refractivity contribution < 1.29 is 0 Å². The molecular weight excluding hydrogens is 306 g/mol. The molecule has 19 heavy (non-hydrogen) atoms. The molecule has 0 aliphatic carbocycles. The zero-order chi connectivity index (χ0) is 13.4. The smallest absolute Gasteiger partial charge is 0.320 e. The van der Waals surface area contributed by atoms with Gasteiger partial charge in [0.1, 0.15) is 0 Å². The second-order valence-corrected chi connectivity index (χ2v) is 5.33. The molecule has 3 aromatic rings. The van der Waals surface area contributed by atoms with E-state index in [-0.39, 0.29) is 11.7 Å². The van der Waals surface area contributed by atoms with E-state index < -0.39 is 0 Å². The highest BCUT2D eigenvalue weighted by atomic mass is 79.9. The second-order valence-electron chi connectivity index (χ2n) is 4.41. The Labute approximate surface area is 117 Å². The number of hydrogen-bond donors (Lipinski definition) is 3. The lowest BCUT2D eigenvalue weighted by atomic mass is 9.99. The summed E-state index contributed by atoms with van der Waals surface area (Å²) >= 11 is 3.40. The van der Waals surface area contributed by atoms with Crippen molar-refractivity contribution in [2.45, 2.75) is 6.04 Å². The molecule has 1 aromatic heterocycles. The van der Waals surface area contributed by atoms with Gasteiger partial charge in [-0.25, -0.2) is 4.79 Å². The van der Waals surface area contributed by atoms with Gasteiger partial charge in [0.15, 0.2) is 0 Å². The van der Waals surface area contributed by atoms with Gasteiger partial charge in [0.05, 0.1) is 17.1 Å². The Morgan fingerprint density at radius 1 is 0.947 bits per heavy atom. The first-order valence-corrected chi connectivity index (χ1v) is 6.66. The van der Waals surface area contributed by atoms with Gasteiger partial charge in [-0.15, -0.1) is 0 Å². The summed E-state index contributed by atoms with van der Waals surface area (Å²) in [5.74, 6) is 0. The van der Waals surface area contributed by atoms with Crippen LogP contribution in [0.2, 0.25) is 0 Å². The van der Waals surface area contributed by atoms with Gasteiger partial charge in [-0.1, -0.05) is 34.1 Å². The summed E-state index contributed by atoms with van der Waals surface area (Å²) in [5.41, 5.74) is 9.60. The van der Waals surface area contributed by atoms with Crippen LogP contribution in [0.15, 0.2) is 51.7 Å². The van der Waals surface area contributed by atoms with Crippen molar-refractivity contribution in [2.24, 2.45) is 5.73 Å². The molecule has 0 fully saturated rings. The van der Waals surface area contributed by atoms with Crippen molar-refractivity contribution in [1.82, 2.24) is 9.97 Å². The van der Waals surface area contributed by atoms with Crippen molar-refractivity contribution >= 4 is 27.0 Å². The molecule has 4 N–H and O–H groups in total. The van der Waals surface area contributed by atoms with Crippen LogP contribution in [0.25, 0.3) is 11.0 Å². The third kappa shape index (κ3) is 2.34. The third-order valence-corrected chi connectivity index (χ3v) is 3.66. The Balaban J connectivity index is 2.03. The van der Waals surface area contributed by atoms with E-state index in [1.807, 2.05) is 42.5 Å². The maximum absolute atomic E-state index is 11.2. The number of rotatable bonds is 2. The number of fused-ring (bicyclic) bond motifs is 1. The van der Waals surface area contributed by atoms with Crippen molar-refractivity contribution in [3.05, 3.63) is 68.5 Å². The fourth-order valence-electron chi connectivity index (χ4n) is 2.11. The quantitative estimate of drug-likeness (QED) is 0.679. The number of halogens is 1. The minimum atomic E-state index is -0.212. The summed E-state index contributed by atoms with van der Waals surface area (Å²) < 4.78 is 1.02. The Morgan fingerprint density at radius 2 is 1.58 bits per heavy atom. The second kappa shape index (κ2) is 4.68. The molecule has 1 unspecified atom stereocenters. The Bertz CT molecular complexity index is 773. The molecule has 0 saturated carbocycles. The monoisotopic (exact) mass is 317 g/mol. The van der Waals surface area contributed by atoms with Gasteiger partial charge < -0.3 is 15.7 Å². The molecule has 2 aromatic carbocycles. The van der Waals surface area contributed by atoms with Crippen LogP contribution in [0, 0.1) is 0 Å². The Hall–Kier alpha value is -1.85. The van der Waals surface area contributed by atoms with Crippen molar-refractivity contribution in [3.63, 3.8) is 0 Å². The molecule has 4 nitrogen and oxygen atoms in total. The number of H-pyrrole nitrogens is 2. The molecule has 0 aliphatic heterocycles. The van der Waals surface area contributed by atoms with Crippen LogP contribution in [0.1, 0.15) is 17.2 Å². The first-order valence-electron chi connectivity index (χ1n) is 5.86. The van der Waals surface area contributed by atoms with E-state index in [4.69, 9.17) is 5.73 Å². The molecule has 5 heteroatoms. The number of nitrogens with two attached hydrogens (primary N) is 1. The molecule has 0 radical (unpaired) electrons. The predicted molar refractivity (Wildman–Crippen MR) is 79.1 cm³/mol. The highest BCUT2D eigenvalue weighted by Crippen LogP contribution is 2.23. The number of benzene rings is 2. The van der Waals surface area contributed by atoms with Gasteiger partial charge in [0.2, 0.25) is 0 Å². The number of aromatic amines is 2. The van der Waals surface area contributed by atoms with Gasteiger partial charge in [0.25, 0.3) is 0 Å². The number of nitrogens with one attached hydrogen (secondary N) is 2. The van der Waals surface area contributed by atoms with Gasteiger partial charge >= 0.3 is 5.69 Å². The summed E-state index contributed by atoms with van der Waals surface area (Å²) in [6.07, 6.45) is 0. The minimum Gasteiger partial charge on any atom is -0.320 e. The number of aromatic nitrogens is 2. The average molecular weight is 318 g/mol. The SMILES string of the molecule is NC(c1ccc(Br)cc1)c1ccc2[nH]c(=O)[nH]c2c1.